The van der Waals surface area contributed by atoms with E-state index in [9.17, 15) is 4.79 Å². The number of hydrogen-bond acceptors (Lipinski definition) is 3. The molecule has 4 heteroatoms. The molecule has 0 aliphatic carbocycles. The van der Waals surface area contributed by atoms with E-state index in [0.717, 1.165) is 31.9 Å². The molecule has 3 aliphatic rings. The van der Waals surface area contributed by atoms with Gasteiger partial charge in [-0.2, -0.15) is 11.8 Å². The Morgan fingerprint density at radius 1 is 1.18 bits per heavy atom. The lowest BCUT2D eigenvalue weighted by Gasteiger charge is -2.36. The van der Waals surface area contributed by atoms with Gasteiger partial charge in [0.15, 0.2) is 0 Å². The summed E-state index contributed by atoms with van der Waals surface area (Å²) >= 11 is 1.76. The van der Waals surface area contributed by atoms with Gasteiger partial charge in [-0.15, -0.1) is 0 Å². The fourth-order valence-corrected chi connectivity index (χ4v) is 4.17. The Morgan fingerprint density at radius 3 is 2.77 bits per heavy atom. The summed E-state index contributed by atoms with van der Waals surface area (Å²) in [6.07, 6.45) is 5.23. The molecule has 0 spiro atoms. The van der Waals surface area contributed by atoms with Gasteiger partial charge in [0.2, 0.25) is 5.91 Å². The van der Waals surface area contributed by atoms with Crippen LogP contribution in [0.15, 0.2) is 30.3 Å². The fraction of sp³-hybridized carbons (Fsp3) is 0.611. The first-order valence-electron chi connectivity index (χ1n) is 8.31. The Hall–Kier alpha value is -1.00. The number of carbonyl (C=O) groups is 1. The monoisotopic (exact) mass is 318 g/mol. The van der Waals surface area contributed by atoms with Gasteiger partial charge in [-0.1, -0.05) is 30.3 Å². The van der Waals surface area contributed by atoms with Gasteiger partial charge in [-0.3, -0.25) is 9.69 Å². The molecular weight excluding hydrogens is 292 g/mol. The summed E-state index contributed by atoms with van der Waals surface area (Å²) in [5.74, 6) is 1.96. The molecule has 120 valence electrons. The summed E-state index contributed by atoms with van der Waals surface area (Å²) in [5, 5.41) is 0. The van der Waals surface area contributed by atoms with E-state index in [1.54, 1.807) is 11.8 Å². The molecule has 4 rings (SSSR count). The maximum absolute atomic E-state index is 12.5. The van der Waals surface area contributed by atoms with E-state index in [-0.39, 0.29) is 0 Å². The van der Waals surface area contributed by atoms with Crippen molar-refractivity contribution in [3.8, 4) is 0 Å². The van der Waals surface area contributed by atoms with Gasteiger partial charge >= 0.3 is 0 Å². The quantitative estimate of drug-likeness (QED) is 0.834. The minimum absolute atomic E-state index is 0.366. The maximum Gasteiger partial charge on any atom is 0.223 e. The Labute approximate surface area is 138 Å². The van der Waals surface area contributed by atoms with Crippen LogP contribution in [0.25, 0.3) is 0 Å². The van der Waals surface area contributed by atoms with Crippen molar-refractivity contribution in [2.45, 2.75) is 31.8 Å². The van der Waals surface area contributed by atoms with Gasteiger partial charge in [0.05, 0.1) is 0 Å². The van der Waals surface area contributed by atoms with Gasteiger partial charge in [0.1, 0.15) is 0 Å². The molecule has 2 atom stereocenters. The van der Waals surface area contributed by atoms with Crippen molar-refractivity contribution >= 4 is 17.7 Å². The molecule has 3 saturated heterocycles. The summed E-state index contributed by atoms with van der Waals surface area (Å²) in [7, 11) is 0. The maximum atomic E-state index is 12.5. The average molecular weight is 318 g/mol. The van der Waals surface area contributed by atoms with Gasteiger partial charge in [0, 0.05) is 44.4 Å². The third kappa shape index (κ3) is 3.85. The molecule has 1 aromatic rings. The molecule has 0 radical (unpaired) electrons. The summed E-state index contributed by atoms with van der Waals surface area (Å²) < 4.78 is 0. The molecule has 1 aromatic carbocycles. The van der Waals surface area contributed by atoms with Crippen LogP contribution in [-0.4, -0.2) is 53.4 Å². The number of nitrogens with zero attached hydrogens (tertiary/aromatic N) is 2. The second kappa shape index (κ2) is 7.51. The highest BCUT2D eigenvalue weighted by Gasteiger charge is 2.36. The fourth-order valence-electron chi connectivity index (χ4n) is 3.79. The van der Waals surface area contributed by atoms with Crippen LogP contribution in [0, 0.1) is 5.92 Å². The van der Waals surface area contributed by atoms with Gasteiger partial charge in [-0.25, -0.2) is 0 Å². The zero-order valence-corrected chi connectivity index (χ0v) is 14.2. The minimum atomic E-state index is 0.366. The highest BCUT2D eigenvalue weighted by Crippen LogP contribution is 2.29. The van der Waals surface area contributed by atoms with E-state index in [1.807, 2.05) is 0 Å². The topological polar surface area (TPSA) is 23.6 Å². The summed E-state index contributed by atoms with van der Waals surface area (Å²) in [4.78, 5) is 17.2. The number of fused-ring (bicyclic) bond motifs is 4. The number of carbonyl (C=O) groups excluding carboxylic acids is 1. The first kappa shape index (κ1) is 15.9. The minimum Gasteiger partial charge on any atom is -0.338 e. The zero-order chi connectivity index (χ0) is 15.4. The standard InChI is InChI=1S/C18H26N2OS/c1-22-10-9-18(21)20-13-16-7-8-17(20)14-19(12-16)11-15-5-3-2-4-6-15/h2-6,16-17H,7-14H2,1H3/t16-,17+/m1/s1. The van der Waals surface area contributed by atoms with E-state index in [1.165, 1.54) is 18.4 Å². The Morgan fingerprint density at radius 2 is 2.00 bits per heavy atom. The van der Waals surface area contributed by atoms with Crippen molar-refractivity contribution in [2.24, 2.45) is 5.92 Å². The average Bonchev–Trinajstić information content (AvgIpc) is 2.84. The first-order chi connectivity index (χ1) is 10.8. The smallest absolute Gasteiger partial charge is 0.223 e. The molecule has 0 unspecified atom stereocenters. The molecular formula is C18H26N2OS. The summed E-state index contributed by atoms with van der Waals surface area (Å²) in [6.45, 7) is 4.16. The van der Waals surface area contributed by atoms with Crippen molar-refractivity contribution in [3.63, 3.8) is 0 Å². The number of rotatable bonds is 5. The van der Waals surface area contributed by atoms with Crippen LogP contribution in [0.1, 0.15) is 24.8 Å². The Kier molecular flexibility index (Phi) is 5.42. The van der Waals surface area contributed by atoms with E-state index >= 15 is 0 Å². The summed E-state index contributed by atoms with van der Waals surface area (Å²) in [6, 6.07) is 11.1. The molecule has 3 nitrogen and oxygen atoms in total. The third-order valence-electron chi connectivity index (χ3n) is 4.88. The molecule has 22 heavy (non-hydrogen) atoms. The SMILES string of the molecule is CSCCC(=O)N1C[C@@H]2CC[C@H]1CN(Cc1ccccc1)C2. The van der Waals surface area contributed by atoms with Crippen molar-refractivity contribution < 1.29 is 4.79 Å². The van der Waals surface area contributed by atoms with Crippen LogP contribution >= 0.6 is 11.8 Å². The van der Waals surface area contributed by atoms with Gasteiger partial charge in [-0.05, 0) is 30.6 Å². The lowest BCUT2D eigenvalue weighted by molar-refractivity contribution is -0.134. The van der Waals surface area contributed by atoms with Crippen molar-refractivity contribution in [1.29, 1.82) is 0 Å². The number of amides is 1. The second-order valence-corrected chi connectivity index (χ2v) is 7.55. The molecule has 0 aromatic heterocycles. The third-order valence-corrected chi connectivity index (χ3v) is 5.49. The molecule has 2 bridgehead atoms. The number of benzene rings is 1. The Bertz CT molecular complexity index is 493. The second-order valence-electron chi connectivity index (χ2n) is 6.57. The van der Waals surface area contributed by atoms with E-state index in [0.29, 0.717) is 24.3 Å². The van der Waals surface area contributed by atoms with Crippen LogP contribution in [0.3, 0.4) is 0 Å². The highest BCUT2D eigenvalue weighted by molar-refractivity contribution is 7.98. The van der Waals surface area contributed by atoms with Crippen molar-refractivity contribution in [1.82, 2.24) is 9.80 Å². The zero-order valence-electron chi connectivity index (χ0n) is 13.4. The largest absolute Gasteiger partial charge is 0.338 e. The van der Waals surface area contributed by atoms with Crippen LogP contribution < -0.4 is 0 Å². The van der Waals surface area contributed by atoms with Crippen LogP contribution in [0.2, 0.25) is 0 Å². The molecule has 3 heterocycles. The Balaban J connectivity index is 1.64. The highest BCUT2D eigenvalue weighted by atomic mass is 32.2. The molecule has 0 saturated carbocycles. The molecule has 3 aliphatic heterocycles. The molecule has 1 amide bonds. The van der Waals surface area contributed by atoms with E-state index in [4.69, 9.17) is 0 Å². The normalized spacial score (nSPS) is 25.2. The van der Waals surface area contributed by atoms with Gasteiger partial charge < -0.3 is 4.90 Å². The first-order valence-corrected chi connectivity index (χ1v) is 9.70. The molecule has 3 fully saturated rings. The lowest BCUT2D eigenvalue weighted by Crippen LogP contribution is -2.47. The number of hydrogen-bond donors (Lipinski definition) is 0. The predicted octanol–water partition coefficient (Wildman–Crippen LogP) is 2.86. The van der Waals surface area contributed by atoms with Crippen LogP contribution in [0.5, 0.6) is 0 Å². The predicted molar refractivity (Wildman–Crippen MR) is 92.9 cm³/mol. The van der Waals surface area contributed by atoms with E-state index in [2.05, 4.69) is 46.4 Å². The van der Waals surface area contributed by atoms with E-state index < -0.39 is 0 Å². The lowest BCUT2D eigenvalue weighted by atomic mass is 9.95. The number of piperidine rings is 1. The van der Waals surface area contributed by atoms with Crippen LogP contribution in [-0.2, 0) is 11.3 Å². The van der Waals surface area contributed by atoms with Crippen LogP contribution in [0.4, 0.5) is 0 Å². The van der Waals surface area contributed by atoms with Gasteiger partial charge in [0.25, 0.3) is 0 Å². The van der Waals surface area contributed by atoms with Crippen molar-refractivity contribution in [2.75, 3.05) is 31.6 Å². The number of thioether (sulfide) groups is 1. The molecule has 0 N–H and O–H groups in total. The van der Waals surface area contributed by atoms with Crippen molar-refractivity contribution in [3.05, 3.63) is 35.9 Å². The summed E-state index contributed by atoms with van der Waals surface area (Å²) in [5.41, 5.74) is 1.38.